The molecule has 2 aliphatic heterocycles. The van der Waals surface area contributed by atoms with E-state index in [1.165, 1.54) is 37.8 Å². The Kier molecular flexibility index (Phi) is 38.0. The highest BCUT2D eigenvalue weighted by Gasteiger charge is 2.45. The molecule has 30 nitrogen and oxygen atoms in total. The predicted molar refractivity (Wildman–Crippen MR) is 395 cm³/mol. The second kappa shape index (κ2) is 44.0. The van der Waals surface area contributed by atoms with Crippen molar-refractivity contribution in [3.05, 3.63) is 47.2 Å². The van der Waals surface area contributed by atoms with Crippen molar-refractivity contribution >= 4 is 82.8 Å². The van der Waals surface area contributed by atoms with E-state index in [4.69, 9.17) is 10.5 Å². The molecule has 0 saturated carbocycles. The standard InChI is InChI=1S/C75H122F2N14O16/c1-20-42(16)59(71(102)90-62-45(19)107-75(106)58(41(14)15)86-63(94)49(22-3)79-65(96)51(35-46-30-31-47(76)48(77)34-46)81-67(98)55(38(8)9)83-70(101)60(43(17)21-2)88-73(62)104)87-64(95)50(27-24-32-78)80-66(97)52-28-25-33-91(52)74(105)57(40(12)13)85-69(100)56(39(10)11)84-72(103)61(44(18)92)89-68(99)54(37(6)7)82-53(93)29-23-26-36(4)5/h22,30-31,34,36-45,50-52,54-62,92H,20-21,23-29,32-33,35,78H2,1-19H3,(H,79,96)(H,80,97)(H,81,98)(H,82,93)(H,83,101)(H,84,103)(H,85,100)(H,86,94)(H,87,95)(H,88,104)(H,89,99)(H,90,102)/b49-22-/t42-,43-,44-,45+,50+,51+,52-,54-,55-,56+,57-,58+,59-,60-,61+,62-/m1/s1. The van der Waals surface area contributed by atoms with E-state index in [-0.39, 0.29) is 63.1 Å². The van der Waals surface area contributed by atoms with Gasteiger partial charge in [0.25, 0.3) is 5.91 Å². The van der Waals surface area contributed by atoms with Crippen molar-refractivity contribution in [1.29, 1.82) is 0 Å². The molecule has 2 saturated heterocycles. The number of nitrogens with one attached hydrogen (secondary N) is 12. The third-order valence-corrected chi connectivity index (χ3v) is 19.4. The van der Waals surface area contributed by atoms with Gasteiger partial charge in [0.05, 0.1) is 6.10 Å². The van der Waals surface area contributed by atoms with Gasteiger partial charge >= 0.3 is 5.97 Å². The van der Waals surface area contributed by atoms with Gasteiger partial charge in [-0.2, -0.15) is 0 Å². The van der Waals surface area contributed by atoms with Gasteiger partial charge in [0.1, 0.15) is 84.3 Å². The number of likely N-dealkylation sites (tertiary alicyclic amines) is 1. The van der Waals surface area contributed by atoms with Gasteiger partial charge in [-0.25, -0.2) is 13.6 Å². The molecule has 2 aliphatic rings. The fourth-order valence-electron chi connectivity index (χ4n) is 12.2. The summed E-state index contributed by atoms with van der Waals surface area (Å²) < 4.78 is 34.6. The molecule has 16 atom stereocenters. The third kappa shape index (κ3) is 27.8. The van der Waals surface area contributed by atoms with Gasteiger partial charge < -0.3 is 84.3 Å². The average Bonchev–Trinajstić information content (AvgIpc) is 1.76. The van der Waals surface area contributed by atoms with E-state index in [1.54, 1.807) is 96.9 Å². The molecule has 13 amide bonds. The van der Waals surface area contributed by atoms with Gasteiger partial charge in [-0.05, 0) is 124 Å². The maximum atomic E-state index is 15.0. The van der Waals surface area contributed by atoms with Crippen LogP contribution < -0.4 is 69.5 Å². The van der Waals surface area contributed by atoms with Gasteiger partial charge in [-0.15, -0.1) is 0 Å². The van der Waals surface area contributed by atoms with Crippen molar-refractivity contribution in [2.24, 2.45) is 53.1 Å². The molecule has 0 aliphatic carbocycles. The van der Waals surface area contributed by atoms with Gasteiger partial charge in [0.2, 0.25) is 70.9 Å². The molecule has 0 radical (unpaired) electrons. The summed E-state index contributed by atoms with van der Waals surface area (Å²) in [5, 5.41) is 42.5. The molecule has 2 heterocycles. The van der Waals surface area contributed by atoms with E-state index < -0.39 is 227 Å². The summed E-state index contributed by atoms with van der Waals surface area (Å²) in [5.74, 6) is -18.7. The number of ether oxygens (including phenoxy) is 1. The second-order valence-corrected chi connectivity index (χ2v) is 30.4. The molecule has 15 N–H and O–H groups in total. The zero-order valence-electron chi connectivity index (χ0n) is 65.8. The minimum absolute atomic E-state index is 0.0489. The second-order valence-electron chi connectivity index (χ2n) is 30.4. The Morgan fingerprint density at radius 3 is 1.71 bits per heavy atom. The zero-order valence-corrected chi connectivity index (χ0v) is 65.8. The molecular formula is C75H122F2N14O16. The van der Waals surface area contributed by atoms with Crippen molar-refractivity contribution < 1.29 is 85.7 Å². The van der Waals surface area contributed by atoms with Crippen LogP contribution >= 0.6 is 0 Å². The van der Waals surface area contributed by atoms with Crippen LogP contribution in [0.25, 0.3) is 0 Å². The fraction of sp³-hybridized carbons (Fsp3) is 0.707. The first-order valence-corrected chi connectivity index (χ1v) is 37.7. The summed E-state index contributed by atoms with van der Waals surface area (Å²) >= 11 is 0. The van der Waals surface area contributed by atoms with Crippen LogP contribution in [0.3, 0.4) is 0 Å². The lowest BCUT2D eigenvalue weighted by Crippen LogP contribution is -2.64. The van der Waals surface area contributed by atoms with Crippen LogP contribution in [0.4, 0.5) is 8.78 Å². The maximum absolute atomic E-state index is 15.0. The summed E-state index contributed by atoms with van der Waals surface area (Å²) in [7, 11) is 0. The molecule has 107 heavy (non-hydrogen) atoms. The molecule has 0 bridgehead atoms. The number of benzene rings is 1. The number of nitrogens with zero attached hydrogens (tertiary/aromatic N) is 1. The fourth-order valence-corrected chi connectivity index (χ4v) is 12.2. The van der Waals surface area contributed by atoms with E-state index in [9.17, 15) is 71.4 Å². The topological polar surface area (TPSA) is 442 Å². The van der Waals surface area contributed by atoms with Crippen LogP contribution in [-0.4, -0.2) is 191 Å². The van der Waals surface area contributed by atoms with Gasteiger partial charge in [-0.1, -0.05) is 142 Å². The first-order valence-electron chi connectivity index (χ1n) is 37.7. The average molecular weight is 1510 g/mol. The summed E-state index contributed by atoms with van der Waals surface area (Å²) in [6.45, 7) is 31.1. The van der Waals surface area contributed by atoms with Gasteiger partial charge in [0, 0.05) is 19.4 Å². The van der Waals surface area contributed by atoms with Gasteiger partial charge in [-0.3, -0.25) is 62.3 Å². The zero-order chi connectivity index (χ0) is 81.2. The SMILES string of the molecule is C/C=C1\NC(=O)[C@H](Cc2ccc(F)c(F)c2)NC(=O)[C@@H](C(C)C)NC(=O)[C@@H]([C@H](C)CC)NC(=O)[C@H](NC(=O)[C@H](NC(=O)[C@H](CCCN)NC(=O)[C@H]2CCCN2C(=O)[C@H](NC(=O)[C@@H](NC(=O)[C@@H](NC(=O)[C@H](NC(=O)CCCC(C)C)C(C)C)[C@@H](C)O)C(C)C)C(C)C)[C@H](C)CC)[C@H](C)OC(=O)[C@H](C(C)C)NC1=O. The van der Waals surface area contributed by atoms with Crippen molar-refractivity contribution in [3.63, 3.8) is 0 Å². The number of aliphatic hydroxyl groups excluding tert-OH is 1. The van der Waals surface area contributed by atoms with Crippen molar-refractivity contribution in [2.45, 2.75) is 280 Å². The Balaban J connectivity index is 2.01. The minimum Gasteiger partial charge on any atom is -0.458 e. The van der Waals surface area contributed by atoms with E-state index in [1.807, 2.05) is 13.8 Å². The van der Waals surface area contributed by atoms with Crippen LogP contribution in [0.2, 0.25) is 0 Å². The number of carbonyl (C=O) groups excluding carboxylic acids is 14. The first kappa shape index (κ1) is 92.5. The Bertz CT molecular complexity index is 3290. The van der Waals surface area contributed by atoms with Crippen LogP contribution in [0, 0.1) is 59.0 Å². The number of halogens is 2. The lowest BCUT2D eigenvalue weighted by molar-refractivity contribution is -0.157. The van der Waals surface area contributed by atoms with E-state index in [2.05, 4.69) is 63.8 Å². The Hall–Kier alpha value is -8.68. The van der Waals surface area contributed by atoms with Crippen LogP contribution in [-0.2, 0) is 78.3 Å². The van der Waals surface area contributed by atoms with E-state index in [0.717, 1.165) is 18.6 Å². The van der Waals surface area contributed by atoms with Crippen molar-refractivity contribution in [2.75, 3.05) is 13.1 Å². The molecular weight excluding hydrogens is 1390 g/mol. The Morgan fingerprint density at radius 2 is 1.18 bits per heavy atom. The van der Waals surface area contributed by atoms with Crippen molar-refractivity contribution in [3.8, 4) is 0 Å². The number of hydrogen-bond donors (Lipinski definition) is 14. The van der Waals surface area contributed by atoms with Crippen LogP contribution in [0.1, 0.15) is 195 Å². The number of carbonyl (C=O) groups is 14. The number of cyclic esters (lactones) is 1. The normalized spacial score (nSPS) is 22.4. The Labute approximate surface area is 628 Å². The number of nitrogens with two attached hydrogens (primary N) is 1. The summed E-state index contributed by atoms with van der Waals surface area (Å²) in [6.07, 6.45) is 0.257. The monoisotopic (exact) mass is 1510 g/mol. The smallest absolute Gasteiger partial charge is 0.329 e. The molecule has 0 unspecified atom stereocenters. The molecule has 0 spiro atoms. The summed E-state index contributed by atoms with van der Waals surface area (Å²) in [4.78, 5) is 202. The largest absolute Gasteiger partial charge is 0.458 e. The van der Waals surface area contributed by atoms with Crippen LogP contribution in [0.15, 0.2) is 30.0 Å². The number of amides is 13. The number of esters is 1. The summed E-state index contributed by atoms with van der Waals surface area (Å²) in [6, 6.07) is -14.4. The highest BCUT2D eigenvalue weighted by Crippen LogP contribution is 2.24. The maximum Gasteiger partial charge on any atom is 0.329 e. The third-order valence-electron chi connectivity index (χ3n) is 19.4. The predicted octanol–water partition coefficient (Wildman–Crippen LogP) is 2.11. The molecule has 0 aromatic heterocycles. The number of aliphatic hydroxyl groups is 1. The highest BCUT2D eigenvalue weighted by atomic mass is 19.2. The molecule has 602 valence electrons. The first-order chi connectivity index (χ1) is 50.0. The molecule has 32 heteroatoms. The van der Waals surface area contributed by atoms with Crippen LogP contribution in [0.5, 0.6) is 0 Å². The minimum atomic E-state index is -1.88. The number of rotatable bonds is 33. The lowest BCUT2D eigenvalue weighted by Gasteiger charge is -2.33. The quantitative estimate of drug-likeness (QED) is 0.0354. The molecule has 1 aromatic carbocycles. The van der Waals surface area contributed by atoms with E-state index >= 15 is 9.59 Å². The molecule has 3 rings (SSSR count). The highest BCUT2D eigenvalue weighted by molar-refractivity contribution is 6.03. The van der Waals surface area contributed by atoms with E-state index in [0.29, 0.717) is 18.8 Å². The molecule has 1 aromatic rings. The Morgan fingerprint density at radius 1 is 0.626 bits per heavy atom. The van der Waals surface area contributed by atoms with Gasteiger partial charge in [0.15, 0.2) is 11.6 Å². The number of allylic oxidation sites excluding steroid dienone is 1. The molecule has 2 fully saturated rings. The number of hydrogen-bond acceptors (Lipinski definition) is 17. The summed E-state index contributed by atoms with van der Waals surface area (Å²) in [5.41, 5.74) is 5.60. The lowest BCUT2D eigenvalue weighted by atomic mass is 9.95. The van der Waals surface area contributed by atoms with Crippen molar-refractivity contribution in [1.82, 2.24) is 68.7 Å².